The van der Waals surface area contributed by atoms with Crippen LogP contribution >= 0.6 is 0 Å². The Morgan fingerprint density at radius 1 is 1.43 bits per heavy atom. The molecule has 0 aliphatic heterocycles. The van der Waals surface area contributed by atoms with Crippen LogP contribution in [0, 0.1) is 23.2 Å². The molecule has 4 unspecified atom stereocenters. The zero-order chi connectivity index (χ0) is 10.2. The van der Waals surface area contributed by atoms with Crippen LogP contribution in [0.4, 0.5) is 0 Å². The molecule has 0 spiro atoms. The van der Waals surface area contributed by atoms with Crippen LogP contribution in [0.2, 0.25) is 0 Å². The number of nitrogens with two attached hydrogens (primary N) is 1. The smallest absolute Gasteiger partial charge is 0.0502 e. The maximum Gasteiger partial charge on any atom is 0.0502 e. The number of aliphatic hydroxyl groups excluding tert-OH is 1. The average Bonchev–Trinajstić information content (AvgIpc) is 2.93. The van der Waals surface area contributed by atoms with Gasteiger partial charge in [0.05, 0.1) is 6.61 Å². The second-order valence-corrected chi connectivity index (χ2v) is 5.57. The summed E-state index contributed by atoms with van der Waals surface area (Å²) in [7, 11) is 0. The zero-order valence-corrected chi connectivity index (χ0v) is 9.21. The van der Waals surface area contributed by atoms with Gasteiger partial charge in [0.1, 0.15) is 0 Å². The van der Waals surface area contributed by atoms with E-state index in [-0.39, 0.29) is 5.41 Å². The van der Waals surface area contributed by atoms with Crippen LogP contribution in [-0.4, -0.2) is 18.3 Å². The first-order valence-corrected chi connectivity index (χ1v) is 6.03. The third-order valence-electron chi connectivity index (χ3n) is 4.52. The van der Waals surface area contributed by atoms with Gasteiger partial charge in [0.2, 0.25) is 0 Å². The molecule has 0 amide bonds. The first-order chi connectivity index (χ1) is 6.72. The van der Waals surface area contributed by atoms with Gasteiger partial charge in [-0.2, -0.15) is 0 Å². The number of hydrogen-bond donors (Lipinski definition) is 2. The van der Waals surface area contributed by atoms with Gasteiger partial charge in [-0.25, -0.2) is 0 Å². The molecule has 2 aliphatic rings. The Morgan fingerprint density at radius 3 is 2.71 bits per heavy atom. The highest BCUT2D eigenvalue weighted by molar-refractivity contribution is 5.06. The highest BCUT2D eigenvalue weighted by Gasteiger charge is 2.55. The highest BCUT2D eigenvalue weighted by atomic mass is 16.3. The zero-order valence-electron chi connectivity index (χ0n) is 9.21. The predicted molar refractivity (Wildman–Crippen MR) is 57.8 cm³/mol. The second-order valence-electron chi connectivity index (χ2n) is 5.57. The van der Waals surface area contributed by atoms with Gasteiger partial charge < -0.3 is 10.8 Å². The van der Waals surface area contributed by atoms with Crippen LogP contribution in [0.25, 0.3) is 0 Å². The molecule has 0 aromatic rings. The molecular weight excluding hydrogens is 174 g/mol. The molecule has 0 saturated heterocycles. The Balaban J connectivity index is 1.91. The summed E-state index contributed by atoms with van der Waals surface area (Å²) in [4.78, 5) is 0. The van der Waals surface area contributed by atoms with Gasteiger partial charge >= 0.3 is 0 Å². The summed E-state index contributed by atoms with van der Waals surface area (Å²) in [6.07, 6.45) is 6.70. The summed E-state index contributed by atoms with van der Waals surface area (Å²) in [6, 6.07) is 0. The average molecular weight is 197 g/mol. The number of rotatable bonds is 3. The summed E-state index contributed by atoms with van der Waals surface area (Å²) < 4.78 is 0. The van der Waals surface area contributed by atoms with Crippen LogP contribution < -0.4 is 5.73 Å². The lowest BCUT2D eigenvalue weighted by Crippen LogP contribution is -2.26. The first kappa shape index (κ1) is 10.4. The van der Waals surface area contributed by atoms with Crippen molar-refractivity contribution in [3.63, 3.8) is 0 Å². The first-order valence-electron chi connectivity index (χ1n) is 6.03. The van der Waals surface area contributed by atoms with Gasteiger partial charge in [-0.1, -0.05) is 26.2 Å². The Morgan fingerprint density at radius 2 is 2.21 bits per heavy atom. The fourth-order valence-corrected chi connectivity index (χ4v) is 3.37. The maximum atomic E-state index is 9.34. The number of aliphatic hydroxyl groups is 1. The van der Waals surface area contributed by atoms with E-state index < -0.39 is 0 Å². The van der Waals surface area contributed by atoms with E-state index in [0.29, 0.717) is 13.2 Å². The Kier molecular flexibility index (Phi) is 2.85. The predicted octanol–water partition coefficient (Wildman–Crippen LogP) is 1.77. The minimum atomic E-state index is 0.127. The van der Waals surface area contributed by atoms with Crippen LogP contribution in [0.15, 0.2) is 0 Å². The molecule has 2 rings (SSSR count). The van der Waals surface area contributed by atoms with Crippen molar-refractivity contribution in [1.82, 2.24) is 0 Å². The van der Waals surface area contributed by atoms with E-state index in [4.69, 9.17) is 5.73 Å². The van der Waals surface area contributed by atoms with E-state index >= 15 is 0 Å². The van der Waals surface area contributed by atoms with E-state index in [1.165, 1.54) is 32.1 Å². The van der Waals surface area contributed by atoms with Crippen molar-refractivity contribution in [2.45, 2.75) is 39.0 Å². The van der Waals surface area contributed by atoms with Crippen molar-refractivity contribution in [1.29, 1.82) is 0 Å². The molecule has 0 aromatic carbocycles. The Labute approximate surface area is 86.9 Å². The third kappa shape index (κ3) is 1.70. The molecule has 0 radical (unpaired) electrons. The van der Waals surface area contributed by atoms with Gasteiger partial charge in [-0.3, -0.25) is 0 Å². The van der Waals surface area contributed by atoms with Crippen molar-refractivity contribution in [2.24, 2.45) is 28.9 Å². The minimum absolute atomic E-state index is 0.127. The van der Waals surface area contributed by atoms with Crippen LogP contribution in [0.5, 0.6) is 0 Å². The van der Waals surface area contributed by atoms with E-state index in [2.05, 4.69) is 6.92 Å². The van der Waals surface area contributed by atoms with E-state index in [1.807, 2.05) is 0 Å². The molecule has 14 heavy (non-hydrogen) atoms. The van der Waals surface area contributed by atoms with Crippen LogP contribution in [0.1, 0.15) is 39.0 Å². The topological polar surface area (TPSA) is 46.2 Å². The van der Waals surface area contributed by atoms with Gasteiger partial charge in [-0.15, -0.1) is 0 Å². The van der Waals surface area contributed by atoms with Crippen LogP contribution in [0.3, 0.4) is 0 Å². The van der Waals surface area contributed by atoms with Crippen molar-refractivity contribution in [2.75, 3.05) is 13.2 Å². The van der Waals surface area contributed by atoms with Crippen molar-refractivity contribution in [3.05, 3.63) is 0 Å². The SMILES string of the molecule is CC1CCCC(C2CC2(CN)CO)C1. The lowest BCUT2D eigenvalue weighted by atomic mass is 9.78. The molecule has 82 valence electrons. The summed E-state index contributed by atoms with van der Waals surface area (Å²) in [5, 5.41) is 9.34. The fraction of sp³-hybridized carbons (Fsp3) is 1.00. The normalized spacial score (nSPS) is 47.8. The molecule has 2 nitrogen and oxygen atoms in total. The maximum absolute atomic E-state index is 9.34. The summed E-state index contributed by atoms with van der Waals surface area (Å²) in [6.45, 7) is 3.34. The lowest BCUT2D eigenvalue weighted by Gasteiger charge is -2.28. The lowest BCUT2D eigenvalue weighted by molar-refractivity contribution is 0.167. The Bertz CT molecular complexity index is 200. The van der Waals surface area contributed by atoms with Gasteiger partial charge in [-0.05, 0) is 30.6 Å². The molecule has 2 aliphatic carbocycles. The summed E-state index contributed by atoms with van der Waals surface area (Å²) in [5.41, 5.74) is 5.88. The third-order valence-corrected chi connectivity index (χ3v) is 4.52. The summed E-state index contributed by atoms with van der Waals surface area (Å²) in [5.74, 6) is 2.48. The quantitative estimate of drug-likeness (QED) is 0.724. The van der Waals surface area contributed by atoms with Gasteiger partial charge in [0.15, 0.2) is 0 Å². The van der Waals surface area contributed by atoms with E-state index in [0.717, 1.165) is 17.8 Å². The Hall–Kier alpha value is -0.0800. The molecule has 0 aromatic heterocycles. The molecule has 2 saturated carbocycles. The van der Waals surface area contributed by atoms with Crippen LogP contribution in [-0.2, 0) is 0 Å². The molecule has 0 bridgehead atoms. The molecule has 4 atom stereocenters. The van der Waals surface area contributed by atoms with E-state index in [9.17, 15) is 5.11 Å². The largest absolute Gasteiger partial charge is 0.396 e. The molecule has 3 N–H and O–H groups in total. The number of hydrogen-bond acceptors (Lipinski definition) is 2. The molecule has 2 fully saturated rings. The monoisotopic (exact) mass is 197 g/mol. The van der Waals surface area contributed by atoms with Crippen molar-refractivity contribution < 1.29 is 5.11 Å². The molecule has 0 heterocycles. The molecule has 2 heteroatoms. The standard InChI is InChI=1S/C12H23NO/c1-9-3-2-4-10(5-9)11-6-12(11,7-13)8-14/h9-11,14H,2-8,13H2,1H3. The van der Waals surface area contributed by atoms with Gasteiger partial charge in [0.25, 0.3) is 0 Å². The van der Waals surface area contributed by atoms with Gasteiger partial charge in [0, 0.05) is 12.0 Å². The highest BCUT2D eigenvalue weighted by Crippen LogP contribution is 2.58. The van der Waals surface area contributed by atoms with Crippen molar-refractivity contribution >= 4 is 0 Å². The second kappa shape index (κ2) is 3.82. The van der Waals surface area contributed by atoms with Crippen molar-refractivity contribution in [3.8, 4) is 0 Å². The summed E-state index contributed by atoms with van der Waals surface area (Å²) >= 11 is 0. The minimum Gasteiger partial charge on any atom is -0.396 e. The fourth-order valence-electron chi connectivity index (χ4n) is 3.37. The molecular formula is C12H23NO. The van der Waals surface area contributed by atoms with E-state index in [1.54, 1.807) is 0 Å².